The Hall–Kier alpha value is -3.29. The highest BCUT2D eigenvalue weighted by molar-refractivity contribution is 5.86. The molecule has 2 heterocycles. The number of aromatic nitrogens is 2. The molecule has 0 radical (unpaired) electrons. The molecular formula is C23H28FN5O2. The number of carbonyl (C=O) groups excluding carboxylic acids is 2. The Morgan fingerprint density at radius 1 is 1.10 bits per heavy atom. The lowest BCUT2D eigenvalue weighted by atomic mass is 10.1. The average Bonchev–Trinajstić information content (AvgIpc) is 2.79. The third kappa shape index (κ3) is 5.65. The maximum Gasteiger partial charge on any atom is 0.242 e. The fourth-order valence-corrected chi connectivity index (χ4v) is 3.47. The van der Waals surface area contributed by atoms with E-state index in [-0.39, 0.29) is 30.1 Å². The summed E-state index contributed by atoms with van der Waals surface area (Å²) in [5, 5.41) is 8.56. The molecule has 0 spiro atoms. The minimum absolute atomic E-state index is 0.0524. The number of benzene rings is 1. The summed E-state index contributed by atoms with van der Waals surface area (Å²) in [5.74, 6) is 0.167. The monoisotopic (exact) mass is 425 g/mol. The van der Waals surface area contributed by atoms with Gasteiger partial charge in [-0.3, -0.25) is 9.59 Å². The Kier molecular flexibility index (Phi) is 7.33. The lowest BCUT2D eigenvalue weighted by Gasteiger charge is -2.36. The van der Waals surface area contributed by atoms with E-state index in [0.29, 0.717) is 38.4 Å². The molecule has 1 aromatic heterocycles. The topological polar surface area (TPSA) is 69.6 Å². The molecule has 7 nitrogen and oxygen atoms in total. The summed E-state index contributed by atoms with van der Waals surface area (Å²) in [4.78, 5) is 30.4. The van der Waals surface area contributed by atoms with Gasteiger partial charge in [0.2, 0.25) is 11.8 Å². The molecule has 1 fully saturated rings. The van der Waals surface area contributed by atoms with Crippen LogP contribution in [-0.2, 0) is 9.59 Å². The van der Waals surface area contributed by atoms with Gasteiger partial charge in [0, 0.05) is 44.2 Å². The molecule has 0 aliphatic carbocycles. The molecule has 3 rings (SSSR count). The Labute approximate surface area is 182 Å². The van der Waals surface area contributed by atoms with Crippen LogP contribution in [0.2, 0.25) is 0 Å². The van der Waals surface area contributed by atoms with E-state index in [9.17, 15) is 14.0 Å². The van der Waals surface area contributed by atoms with Crippen LogP contribution in [0.4, 0.5) is 10.2 Å². The maximum absolute atomic E-state index is 13.1. The number of halogens is 1. The van der Waals surface area contributed by atoms with Crippen molar-refractivity contribution in [3.8, 4) is 11.3 Å². The van der Waals surface area contributed by atoms with Crippen molar-refractivity contribution in [2.24, 2.45) is 5.92 Å². The zero-order valence-corrected chi connectivity index (χ0v) is 18.0. The van der Waals surface area contributed by atoms with E-state index >= 15 is 0 Å². The van der Waals surface area contributed by atoms with Crippen molar-refractivity contribution in [3.63, 3.8) is 0 Å². The molecule has 1 aromatic carbocycles. The van der Waals surface area contributed by atoms with Crippen molar-refractivity contribution in [2.75, 3.05) is 44.2 Å². The highest BCUT2D eigenvalue weighted by Crippen LogP contribution is 2.20. The quantitative estimate of drug-likeness (QED) is 0.638. The fraction of sp³-hybridized carbons (Fsp3) is 0.391. The largest absolute Gasteiger partial charge is 0.352 e. The van der Waals surface area contributed by atoms with E-state index in [4.69, 9.17) is 0 Å². The number of hydrogen-bond acceptors (Lipinski definition) is 5. The van der Waals surface area contributed by atoms with Gasteiger partial charge in [0.1, 0.15) is 12.4 Å². The summed E-state index contributed by atoms with van der Waals surface area (Å²) in [7, 11) is 0. The first-order valence-electron chi connectivity index (χ1n) is 10.4. The molecule has 164 valence electrons. The van der Waals surface area contributed by atoms with Crippen molar-refractivity contribution in [2.45, 2.75) is 13.8 Å². The number of piperazine rings is 1. The molecule has 2 amide bonds. The number of rotatable bonds is 7. The van der Waals surface area contributed by atoms with Gasteiger partial charge >= 0.3 is 0 Å². The Balaban J connectivity index is 1.56. The summed E-state index contributed by atoms with van der Waals surface area (Å²) in [6.45, 7) is 10.1. The fourth-order valence-electron chi connectivity index (χ4n) is 3.47. The van der Waals surface area contributed by atoms with Gasteiger partial charge in [-0.2, -0.15) is 0 Å². The van der Waals surface area contributed by atoms with Gasteiger partial charge in [-0.15, -0.1) is 16.8 Å². The van der Waals surface area contributed by atoms with Gasteiger partial charge in [-0.1, -0.05) is 19.9 Å². The minimum atomic E-state index is -0.290. The van der Waals surface area contributed by atoms with E-state index in [2.05, 4.69) is 21.7 Å². The van der Waals surface area contributed by atoms with Gasteiger partial charge in [0.25, 0.3) is 0 Å². The molecule has 0 atom stereocenters. The lowest BCUT2D eigenvalue weighted by molar-refractivity contribution is -0.142. The first kappa shape index (κ1) is 22.4. The standard InChI is InChI=1S/C23H28FN5O2/c1-4-11-29(23(31)17(2)3)16-22(30)28-14-12-27(13-15-28)21-10-9-20(25-26-21)18-5-7-19(24)8-6-18/h4-10,17H,1,11-16H2,2-3H3. The van der Waals surface area contributed by atoms with E-state index in [1.165, 1.54) is 12.1 Å². The molecule has 0 bridgehead atoms. The first-order valence-corrected chi connectivity index (χ1v) is 10.4. The minimum Gasteiger partial charge on any atom is -0.352 e. The van der Waals surface area contributed by atoms with E-state index in [0.717, 1.165) is 11.4 Å². The number of carbonyl (C=O) groups is 2. The Morgan fingerprint density at radius 3 is 2.32 bits per heavy atom. The molecule has 1 aliphatic heterocycles. The summed E-state index contributed by atoms with van der Waals surface area (Å²) >= 11 is 0. The number of hydrogen-bond donors (Lipinski definition) is 0. The van der Waals surface area contributed by atoms with Gasteiger partial charge in [-0.05, 0) is 36.4 Å². The van der Waals surface area contributed by atoms with Crippen molar-refractivity contribution in [3.05, 3.63) is 54.9 Å². The second-order valence-corrected chi connectivity index (χ2v) is 7.81. The third-order valence-corrected chi connectivity index (χ3v) is 5.23. The highest BCUT2D eigenvalue weighted by atomic mass is 19.1. The molecule has 8 heteroatoms. The summed E-state index contributed by atoms with van der Waals surface area (Å²) < 4.78 is 13.1. The smallest absolute Gasteiger partial charge is 0.242 e. The van der Waals surface area contributed by atoms with Crippen LogP contribution in [0.1, 0.15) is 13.8 Å². The van der Waals surface area contributed by atoms with Crippen molar-refractivity contribution >= 4 is 17.6 Å². The summed E-state index contributed by atoms with van der Waals surface area (Å²) in [5.41, 5.74) is 1.48. The van der Waals surface area contributed by atoms with Crippen molar-refractivity contribution in [1.82, 2.24) is 20.0 Å². The Bertz CT molecular complexity index is 907. The van der Waals surface area contributed by atoms with Gasteiger partial charge in [-0.25, -0.2) is 4.39 Å². The molecule has 31 heavy (non-hydrogen) atoms. The number of amides is 2. The van der Waals surface area contributed by atoms with Crippen LogP contribution in [0.15, 0.2) is 49.1 Å². The van der Waals surface area contributed by atoms with E-state index in [1.54, 1.807) is 28.0 Å². The van der Waals surface area contributed by atoms with Crippen LogP contribution in [0, 0.1) is 11.7 Å². The molecule has 1 aliphatic rings. The molecule has 0 unspecified atom stereocenters. The molecule has 1 saturated heterocycles. The summed E-state index contributed by atoms with van der Waals surface area (Å²) in [6, 6.07) is 9.87. The van der Waals surface area contributed by atoms with E-state index in [1.807, 2.05) is 26.0 Å². The predicted molar refractivity (Wildman–Crippen MR) is 118 cm³/mol. The second-order valence-electron chi connectivity index (χ2n) is 7.81. The van der Waals surface area contributed by atoms with Crippen LogP contribution in [0.3, 0.4) is 0 Å². The Morgan fingerprint density at radius 2 is 1.77 bits per heavy atom. The first-order chi connectivity index (χ1) is 14.9. The highest BCUT2D eigenvalue weighted by Gasteiger charge is 2.25. The zero-order valence-electron chi connectivity index (χ0n) is 18.0. The van der Waals surface area contributed by atoms with Crippen LogP contribution < -0.4 is 4.90 Å². The van der Waals surface area contributed by atoms with Crippen LogP contribution in [0.25, 0.3) is 11.3 Å². The molecular weight excluding hydrogens is 397 g/mol. The number of nitrogens with zero attached hydrogens (tertiary/aromatic N) is 5. The normalized spacial score (nSPS) is 13.9. The van der Waals surface area contributed by atoms with Gasteiger partial charge in [0.05, 0.1) is 5.69 Å². The second kappa shape index (κ2) is 10.1. The zero-order chi connectivity index (χ0) is 22.4. The molecule has 0 saturated carbocycles. The van der Waals surface area contributed by atoms with Crippen LogP contribution in [0.5, 0.6) is 0 Å². The van der Waals surface area contributed by atoms with Crippen molar-refractivity contribution < 1.29 is 14.0 Å². The summed E-state index contributed by atoms with van der Waals surface area (Å²) in [6.07, 6.45) is 1.64. The van der Waals surface area contributed by atoms with Gasteiger partial charge in [0.15, 0.2) is 5.82 Å². The molecule has 2 aromatic rings. The number of anilines is 1. The lowest BCUT2D eigenvalue weighted by Crippen LogP contribution is -2.52. The van der Waals surface area contributed by atoms with Crippen LogP contribution in [-0.4, -0.2) is 71.1 Å². The van der Waals surface area contributed by atoms with Crippen LogP contribution >= 0.6 is 0 Å². The van der Waals surface area contributed by atoms with E-state index < -0.39 is 0 Å². The van der Waals surface area contributed by atoms with Crippen molar-refractivity contribution in [1.29, 1.82) is 0 Å². The predicted octanol–water partition coefficient (Wildman–Crippen LogP) is 2.60. The van der Waals surface area contributed by atoms with Gasteiger partial charge < -0.3 is 14.7 Å². The molecule has 0 N–H and O–H groups in total. The average molecular weight is 426 g/mol. The third-order valence-electron chi connectivity index (χ3n) is 5.23. The maximum atomic E-state index is 13.1. The SMILES string of the molecule is C=CCN(CC(=O)N1CCN(c2ccc(-c3ccc(F)cc3)nn2)CC1)C(=O)C(C)C.